The second kappa shape index (κ2) is 33.7. The highest BCUT2D eigenvalue weighted by Gasteiger charge is 2.27. The zero-order valence-electron chi connectivity index (χ0n) is 29.9. The summed E-state index contributed by atoms with van der Waals surface area (Å²) in [6.07, 6.45) is 31.2. The first-order chi connectivity index (χ1) is 23.2. The van der Waals surface area contributed by atoms with Crippen LogP contribution in [0.25, 0.3) is 0 Å². The van der Waals surface area contributed by atoms with Gasteiger partial charge < -0.3 is 24.6 Å². The smallest absolute Gasteiger partial charge is 0.462 e. The lowest BCUT2D eigenvalue weighted by Gasteiger charge is -2.20. The Morgan fingerprint density at radius 3 is 1.73 bits per heavy atom. The number of ether oxygens (including phenoxy) is 2. The maximum Gasteiger partial charge on any atom is 0.472 e. The number of esters is 2. The maximum absolute atomic E-state index is 12.5. The van der Waals surface area contributed by atoms with E-state index in [0.29, 0.717) is 12.8 Å². The third-order valence-corrected chi connectivity index (χ3v) is 8.51. The number of phosphoric acid groups is 1. The predicted octanol–water partition coefficient (Wildman–Crippen LogP) is 8.83. The lowest BCUT2D eigenvalue weighted by atomic mass is 10.1. The molecule has 0 heterocycles. The third-order valence-electron chi connectivity index (χ3n) is 7.56. The van der Waals surface area contributed by atoms with Gasteiger partial charge in [-0.2, -0.15) is 0 Å². The van der Waals surface area contributed by atoms with Gasteiger partial charge in [-0.05, 0) is 44.9 Å². The Kier molecular flexibility index (Phi) is 32.4. The highest BCUT2D eigenvalue weighted by molar-refractivity contribution is 7.47. The summed E-state index contributed by atoms with van der Waals surface area (Å²) in [5, 5.41) is 18.2. The first-order valence-corrected chi connectivity index (χ1v) is 19.9. The van der Waals surface area contributed by atoms with Crippen LogP contribution in [0.5, 0.6) is 0 Å². The molecule has 0 saturated heterocycles. The van der Waals surface area contributed by atoms with E-state index in [9.17, 15) is 24.2 Å². The van der Waals surface area contributed by atoms with Crippen LogP contribution in [0, 0.1) is 0 Å². The molecule has 280 valence electrons. The van der Waals surface area contributed by atoms with E-state index < -0.39 is 51.8 Å². The average Bonchev–Trinajstić information content (AvgIpc) is 3.07. The zero-order chi connectivity index (χ0) is 35.6. The molecule has 11 heteroatoms. The predicted molar refractivity (Wildman–Crippen MR) is 191 cm³/mol. The van der Waals surface area contributed by atoms with Crippen LogP contribution in [0.3, 0.4) is 0 Å². The summed E-state index contributed by atoms with van der Waals surface area (Å²) >= 11 is 0. The van der Waals surface area contributed by atoms with Gasteiger partial charge in [-0.15, -0.1) is 0 Å². The Bertz CT molecular complexity index is 905. The number of rotatable bonds is 34. The van der Waals surface area contributed by atoms with Gasteiger partial charge in [0.25, 0.3) is 0 Å². The van der Waals surface area contributed by atoms with Crippen molar-refractivity contribution in [3.63, 3.8) is 0 Å². The normalized spacial score (nSPS) is 14.5. The van der Waals surface area contributed by atoms with Gasteiger partial charge >= 0.3 is 19.8 Å². The number of hydrogen-bond donors (Lipinski definition) is 3. The summed E-state index contributed by atoms with van der Waals surface area (Å²) in [6, 6.07) is 0. The highest BCUT2D eigenvalue weighted by atomic mass is 31.2. The van der Waals surface area contributed by atoms with Crippen molar-refractivity contribution in [2.75, 3.05) is 26.4 Å². The molecular weight excluding hydrogens is 635 g/mol. The molecule has 48 heavy (non-hydrogen) atoms. The molecule has 3 N–H and O–H groups in total. The quantitative estimate of drug-likeness (QED) is 0.0257. The fourth-order valence-corrected chi connectivity index (χ4v) is 5.50. The monoisotopic (exact) mass is 702 g/mol. The second-order valence-corrected chi connectivity index (χ2v) is 13.7. The first kappa shape index (κ1) is 46.2. The van der Waals surface area contributed by atoms with Gasteiger partial charge in [0.05, 0.1) is 19.8 Å². The van der Waals surface area contributed by atoms with Crippen molar-refractivity contribution in [1.29, 1.82) is 0 Å². The second-order valence-electron chi connectivity index (χ2n) is 12.2. The van der Waals surface area contributed by atoms with Crippen LogP contribution in [-0.2, 0) is 32.7 Å². The van der Waals surface area contributed by atoms with Crippen molar-refractivity contribution in [3.8, 4) is 0 Å². The number of aliphatic hydroxyl groups excluding tert-OH is 2. The van der Waals surface area contributed by atoms with Gasteiger partial charge in [-0.25, -0.2) is 4.57 Å². The Morgan fingerprint density at radius 1 is 0.646 bits per heavy atom. The molecule has 0 spiro atoms. The minimum Gasteiger partial charge on any atom is -0.462 e. The molecule has 0 saturated carbocycles. The van der Waals surface area contributed by atoms with Gasteiger partial charge in [0, 0.05) is 12.8 Å². The molecule has 0 rings (SSSR count). The Hall–Kier alpha value is -1.81. The molecule has 3 atom stereocenters. The van der Waals surface area contributed by atoms with E-state index in [4.69, 9.17) is 19.1 Å². The molecule has 10 nitrogen and oxygen atoms in total. The summed E-state index contributed by atoms with van der Waals surface area (Å²) in [5.74, 6) is -0.948. The Balaban J connectivity index is 4.39. The molecule has 0 aliphatic rings. The summed E-state index contributed by atoms with van der Waals surface area (Å²) in [6.45, 7) is 2.21. The van der Waals surface area contributed by atoms with Crippen molar-refractivity contribution in [2.45, 2.75) is 161 Å². The van der Waals surface area contributed by atoms with Crippen LogP contribution in [0.15, 0.2) is 36.5 Å². The fourth-order valence-electron chi connectivity index (χ4n) is 4.71. The molecule has 0 aliphatic heterocycles. The minimum absolute atomic E-state index is 0.181. The van der Waals surface area contributed by atoms with Gasteiger partial charge in [0.2, 0.25) is 0 Å². The summed E-state index contributed by atoms with van der Waals surface area (Å²) in [4.78, 5) is 34.7. The molecule has 0 aromatic rings. The van der Waals surface area contributed by atoms with Crippen LogP contribution >= 0.6 is 7.82 Å². The number of carbonyl (C=O) groups excluding carboxylic acids is 2. The number of hydrogen-bond acceptors (Lipinski definition) is 9. The summed E-state index contributed by atoms with van der Waals surface area (Å²) in [5.41, 5.74) is 0. The molecule has 0 radical (unpaired) electrons. The average molecular weight is 703 g/mol. The van der Waals surface area contributed by atoms with Crippen LogP contribution in [0.4, 0.5) is 0 Å². The van der Waals surface area contributed by atoms with Gasteiger partial charge in [-0.3, -0.25) is 18.6 Å². The highest BCUT2D eigenvalue weighted by Crippen LogP contribution is 2.43. The third kappa shape index (κ3) is 32.7. The van der Waals surface area contributed by atoms with Crippen LogP contribution in [-0.4, -0.2) is 65.7 Å². The van der Waals surface area contributed by atoms with E-state index in [1.807, 2.05) is 0 Å². The number of allylic oxidation sites excluding steroid dienone is 6. The molecule has 0 amide bonds. The van der Waals surface area contributed by atoms with Gasteiger partial charge in [-0.1, -0.05) is 127 Å². The van der Waals surface area contributed by atoms with Gasteiger partial charge in [0.1, 0.15) is 12.7 Å². The molecule has 0 bridgehead atoms. The standard InChI is InChI=1S/C37H67O10P/c1-3-5-7-9-11-13-15-16-17-18-19-21-22-24-26-28-36(40)44-32-35(33-46-48(42,43)45-31-34(39)30-38)47-37(41)29-27-25-23-20-14-12-10-8-6-4-2/h5,7,11,13,16-17,34-35,38-39H,3-4,6,8-10,12,14-15,18-33H2,1-2H3,(H,42,43)/b7-5-,13-11-,17-16-/t34-,35+/m0/s1. The van der Waals surface area contributed by atoms with Crippen LogP contribution < -0.4 is 0 Å². The van der Waals surface area contributed by atoms with Crippen LogP contribution in [0.1, 0.15) is 149 Å². The molecule has 0 aromatic carbocycles. The van der Waals surface area contributed by atoms with E-state index in [0.717, 1.165) is 70.6 Å². The first-order valence-electron chi connectivity index (χ1n) is 18.4. The lowest BCUT2D eigenvalue weighted by Crippen LogP contribution is -2.29. The minimum atomic E-state index is -4.61. The van der Waals surface area contributed by atoms with Crippen molar-refractivity contribution in [1.82, 2.24) is 0 Å². The molecule has 1 unspecified atom stereocenters. The van der Waals surface area contributed by atoms with E-state index >= 15 is 0 Å². The van der Waals surface area contributed by atoms with E-state index in [2.05, 4.69) is 54.8 Å². The molecule has 0 aromatic heterocycles. The van der Waals surface area contributed by atoms with Crippen LogP contribution in [0.2, 0.25) is 0 Å². The van der Waals surface area contributed by atoms with Crippen molar-refractivity contribution in [3.05, 3.63) is 36.5 Å². The fraction of sp³-hybridized carbons (Fsp3) is 0.784. The zero-order valence-corrected chi connectivity index (χ0v) is 30.8. The molecule has 0 fully saturated rings. The number of unbranched alkanes of at least 4 members (excludes halogenated alkanes) is 14. The SMILES string of the molecule is CC/C=C\C/C=C\C/C=C\CCCCCCCC(=O)OC[C@H](COP(=O)(O)OC[C@@H](O)CO)OC(=O)CCCCCCCCCCCC. The van der Waals surface area contributed by atoms with Crippen molar-refractivity contribution in [2.24, 2.45) is 0 Å². The Morgan fingerprint density at radius 2 is 1.15 bits per heavy atom. The number of aliphatic hydroxyl groups is 2. The number of carbonyl (C=O) groups is 2. The van der Waals surface area contributed by atoms with Gasteiger partial charge in [0.15, 0.2) is 6.10 Å². The summed E-state index contributed by atoms with van der Waals surface area (Å²) in [7, 11) is -4.61. The lowest BCUT2D eigenvalue weighted by molar-refractivity contribution is -0.161. The summed E-state index contributed by atoms with van der Waals surface area (Å²) < 4.78 is 32.5. The molecule has 0 aliphatic carbocycles. The molecular formula is C37H67O10P. The maximum atomic E-state index is 12.5. The van der Waals surface area contributed by atoms with Crippen molar-refractivity contribution < 1.29 is 47.8 Å². The van der Waals surface area contributed by atoms with E-state index in [1.54, 1.807) is 0 Å². The number of phosphoric ester groups is 1. The van der Waals surface area contributed by atoms with Crippen molar-refractivity contribution >= 4 is 19.8 Å². The van der Waals surface area contributed by atoms with E-state index in [1.165, 1.54) is 38.5 Å². The van der Waals surface area contributed by atoms with E-state index in [-0.39, 0.29) is 19.4 Å². The topological polar surface area (TPSA) is 149 Å². The Labute approximate surface area is 291 Å². The largest absolute Gasteiger partial charge is 0.472 e.